The number of halogens is 2. The lowest BCUT2D eigenvalue weighted by atomic mass is 9.75. The van der Waals surface area contributed by atoms with Crippen molar-refractivity contribution in [2.45, 2.75) is 45.7 Å². The zero-order valence-corrected chi connectivity index (χ0v) is 19.9. The van der Waals surface area contributed by atoms with E-state index in [2.05, 4.69) is 32.9 Å². The highest BCUT2D eigenvalue weighted by atomic mass is 19.1. The van der Waals surface area contributed by atoms with Gasteiger partial charge in [-0.25, -0.2) is 13.6 Å². The molecule has 184 valence electrons. The minimum absolute atomic E-state index is 0.0410. The van der Waals surface area contributed by atoms with Gasteiger partial charge in [-0.05, 0) is 40.7 Å². The summed E-state index contributed by atoms with van der Waals surface area (Å²) >= 11 is 0. The SMILES string of the molecule is CC(C)(C)C1c2ccccc2CC1N(Cc1ccc(Oc2c(F)cc(N)c(N)c2F)cc1)C(=O)O. The molecule has 0 saturated heterocycles. The highest BCUT2D eigenvalue weighted by Crippen LogP contribution is 2.47. The molecule has 35 heavy (non-hydrogen) atoms. The first kappa shape index (κ1) is 24.3. The normalized spacial score (nSPS) is 17.2. The molecule has 2 atom stereocenters. The van der Waals surface area contributed by atoms with E-state index < -0.39 is 23.5 Å². The molecule has 0 aliphatic heterocycles. The largest absolute Gasteiger partial charge is 0.465 e. The fourth-order valence-electron chi connectivity index (χ4n) is 4.94. The lowest BCUT2D eigenvalue weighted by Crippen LogP contribution is -2.44. The molecule has 0 radical (unpaired) electrons. The van der Waals surface area contributed by atoms with Crippen LogP contribution in [0.5, 0.6) is 11.5 Å². The van der Waals surface area contributed by atoms with Crippen molar-refractivity contribution in [3.05, 3.63) is 82.9 Å². The molecule has 6 nitrogen and oxygen atoms in total. The zero-order valence-electron chi connectivity index (χ0n) is 19.9. The number of anilines is 2. The molecule has 3 aromatic carbocycles. The molecule has 0 heterocycles. The Labute approximate surface area is 203 Å². The minimum atomic E-state index is -1.07. The van der Waals surface area contributed by atoms with Crippen LogP contribution in [0, 0.1) is 17.0 Å². The topological polar surface area (TPSA) is 102 Å². The van der Waals surface area contributed by atoms with Crippen molar-refractivity contribution in [2.75, 3.05) is 11.5 Å². The minimum Gasteiger partial charge on any atom is -0.465 e. The van der Waals surface area contributed by atoms with Crippen molar-refractivity contribution in [2.24, 2.45) is 5.41 Å². The van der Waals surface area contributed by atoms with Crippen LogP contribution in [-0.2, 0) is 13.0 Å². The van der Waals surface area contributed by atoms with Crippen LogP contribution in [0.15, 0.2) is 54.6 Å². The van der Waals surface area contributed by atoms with Crippen molar-refractivity contribution >= 4 is 17.5 Å². The molecule has 2 unspecified atom stereocenters. The number of hydrogen-bond acceptors (Lipinski definition) is 4. The number of nitrogens with two attached hydrogens (primary N) is 2. The van der Waals surface area contributed by atoms with Crippen LogP contribution in [-0.4, -0.2) is 22.1 Å². The van der Waals surface area contributed by atoms with E-state index in [0.717, 1.165) is 11.6 Å². The van der Waals surface area contributed by atoms with Gasteiger partial charge in [-0.15, -0.1) is 0 Å². The molecule has 3 aromatic rings. The second kappa shape index (κ2) is 9.09. The summed E-state index contributed by atoms with van der Waals surface area (Å²) in [4.78, 5) is 13.8. The van der Waals surface area contributed by atoms with E-state index in [1.54, 1.807) is 12.1 Å². The first-order valence-corrected chi connectivity index (χ1v) is 11.3. The summed E-state index contributed by atoms with van der Waals surface area (Å²) in [5.41, 5.74) is 13.4. The summed E-state index contributed by atoms with van der Waals surface area (Å²) in [5, 5.41) is 10.1. The van der Waals surface area contributed by atoms with Crippen molar-refractivity contribution in [3.63, 3.8) is 0 Å². The third-order valence-corrected chi connectivity index (χ3v) is 6.53. The number of amides is 1. The predicted octanol–water partition coefficient (Wildman–Crippen LogP) is 6.16. The van der Waals surface area contributed by atoms with E-state index in [1.165, 1.54) is 28.2 Å². The Bertz CT molecular complexity index is 1260. The van der Waals surface area contributed by atoms with Gasteiger partial charge in [0.25, 0.3) is 0 Å². The average molecular weight is 482 g/mol. The summed E-state index contributed by atoms with van der Waals surface area (Å²) < 4.78 is 33.9. The summed E-state index contributed by atoms with van der Waals surface area (Å²) in [6, 6.07) is 15.2. The highest BCUT2D eigenvalue weighted by Gasteiger charge is 2.44. The first-order chi connectivity index (χ1) is 16.5. The van der Waals surface area contributed by atoms with Gasteiger partial charge in [-0.1, -0.05) is 57.2 Å². The molecule has 5 N–H and O–H groups in total. The molecule has 4 rings (SSSR count). The van der Waals surface area contributed by atoms with E-state index in [1.807, 2.05) is 12.1 Å². The van der Waals surface area contributed by atoms with E-state index in [4.69, 9.17) is 16.2 Å². The van der Waals surface area contributed by atoms with E-state index >= 15 is 0 Å². The summed E-state index contributed by atoms with van der Waals surface area (Å²) in [6.45, 7) is 6.54. The highest BCUT2D eigenvalue weighted by molar-refractivity contribution is 5.67. The van der Waals surface area contributed by atoms with Crippen LogP contribution in [0.25, 0.3) is 0 Å². The van der Waals surface area contributed by atoms with Gasteiger partial charge >= 0.3 is 6.09 Å². The Balaban J connectivity index is 1.56. The van der Waals surface area contributed by atoms with Gasteiger partial charge in [0.2, 0.25) is 5.75 Å². The van der Waals surface area contributed by atoms with Crippen molar-refractivity contribution in [3.8, 4) is 11.5 Å². The van der Waals surface area contributed by atoms with Gasteiger partial charge in [0.1, 0.15) is 5.75 Å². The number of nitrogens with zero attached hydrogens (tertiary/aromatic N) is 1. The molecule has 1 aliphatic carbocycles. The van der Waals surface area contributed by atoms with Crippen LogP contribution >= 0.6 is 0 Å². The first-order valence-electron chi connectivity index (χ1n) is 11.3. The van der Waals surface area contributed by atoms with E-state index in [-0.39, 0.29) is 41.0 Å². The molecular weight excluding hydrogens is 452 g/mol. The molecule has 0 aromatic heterocycles. The Morgan fingerprint density at radius 3 is 2.40 bits per heavy atom. The standard InChI is InChI=1S/C27H29F2N3O3/c1-27(2,3)22-18-7-5-4-6-16(18)12-21(22)32(26(33)34)14-15-8-10-17(11-9-15)35-25-19(28)13-20(30)24(31)23(25)29/h4-11,13,21-22H,12,14,30-31H2,1-3H3,(H,33,34). The van der Waals surface area contributed by atoms with Gasteiger partial charge in [0.15, 0.2) is 11.6 Å². The quantitative estimate of drug-likeness (QED) is 0.379. The number of fused-ring (bicyclic) bond motifs is 1. The predicted molar refractivity (Wildman–Crippen MR) is 131 cm³/mol. The number of nitrogen functional groups attached to an aromatic ring is 2. The summed E-state index contributed by atoms with van der Waals surface area (Å²) in [5.74, 6) is -2.46. The van der Waals surface area contributed by atoms with Crippen LogP contribution < -0.4 is 16.2 Å². The Kier molecular flexibility index (Phi) is 6.32. The van der Waals surface area contributed by atoms with Gasteiger partial charge < -0.3 is 26.2 Å². The molecule has 8 heteroatoms. The fourth-order valence-corrected chi connectivity index (χ4v) is 4.94. The number of ether oxygens (including phenoxy) is 1. The lowest BCUT2D eigenvalue weighted by Gasteiger charge is -2.38. The Morgan fingerprint density at radius 2 is 1.77 bits per heavy atom. The van der Waals surface area contributed by atoms with Gasteiger partial charge in [0, 0.05) is 24.6 Å². The van der Waals surface area contributed by atoms with Crippen molar-refractivity contribution in [1.29, 1.82) is 0 Å². The van der Waals surface area contributed by atoms with Crippen LogP contribution in [0.1, 0.15) is 43.4 Å². The summed E-state index contributed by atoms with van der Waals surface area (Å²) in [7, 11) is 0. The maximum absolute atomic E-state index is 14.3. The molecule has 0 bridgehead atoms. The van der Waals surface area contributed by atoms with Gasteiger partial charge in [-0.2, -0.15) is 0 Å². The third-order valence-electron chi connectivity index (χ3n) is 6.53. The Morgan fingerprint density at radius 1 is 1.11 bits per heavy atom. The number of benzene rings is 3. The van der Waals surface area contributed by atoms with E-state index in [0.29, 0.717) is 6.42 Å². The molecule has 0 fully saturated rings. The molecular formula is C27H29F2N3O3. The number of rotatable bonds is 5. The average Bonchev–Trinajstić information content (AvgIpc) is 3.19. The van der Waals surface area contributed by atoms with Crippen molar-refractivity contribution in [1.82, 2.24) is 4.90 Å². The van der Waals surface area contributed by atoms with Crippen LogP contribution in [0.2, 0.25) is 0 Å². The van der Waals surface area contributed by atoms with Gasteiger partial charge in [0.05, 0.1) is 11.4 Å². The van der Waals surface area contributed by atoms with Gasteiger partial charge in [-0.3, -0.25) is 0 Å². The number of carbonyl (C=O) groups is 1. The van der Waals surface area contributed by atoms with Crippen LogP contribution in [0.3, 0.4) is 0 Å². The second-order valence-corrected chi connectivity index (χ2v) is 9.97. The third kappa shape index (κ3) is 4.73. The summed E-state index contributed by atoms with van der Waals surface area (Å²) in [6.07, 6.45) is -0.359. The maximum atomic E-state index is 14.3. The van der Waals surface area contributed by atoms with Crippen LogP contribution in [0.4, 0.5) is 25.0 Å². The number of carboxylic acid groups (broad SMARTS) is 1. The molecule has 1 aliphatic rings. The van der Waals surface area contributed by atoms with Crippen molar-refractivity contribution < 1.29 is 23.4 Å². The monoisotopic (exact) mass is 481 g/mol. The maximum Gasteiger partial charge on any atom is 0.407 e. The number of hydrogen-bond donors (Lipinski definition) is 3. The fraction of sp³-hybridized carbons (Fsp3) is 0.296. The zero-order chi connectivity index (χ0) is 25.5. The Hall–Kier alpha value is -3.81. The van der Waals surface area contributed by atoms with E-state index in [9.17, 15) is 18.7 Å². The molecule has 1 amide bonds. The molecule has 0 spiro atoms. The molecule has 0 saturated carbocycles. The second-order valence-electron chi connectivity index (χ2n) is 9.97. The smallest absolute Gasteiger partial charge is 0.407 e. The lowest BCUT2D eigenvalue weighted by molar-refractivity contribution is 0.0971.